The summed E-state index contributed by atoms with van der Waals surface area (Å²) in [6.45, 7) is 4.15. The Labute approximate surface area is 116 Å². The van der Waals surface area contributed by atoms with E-state index in [0.29, 0.717) is 6.42 Å². The van der Waals surface area contributed by atoms with Crippen LogP contribution in [0.2, 0.25) is 0 Å². The fourth-order valence-corrected chi connectivity index (χ4v) is 2.66. The number of rotatable bonds is 7. The van der Waals surface area contributed by atoms with Gasteiger partial charge in [0, 0.05) is 6.42 Å². The second-order valence-electron chi connectivity index (χ2n) is 5.08. The predicted molar refractivity (Wildman–Crippen MR) is 78.7 cm³/mol. The van der Waals surface area contributed by atoms with E-state index >= 15 is 0 Å². The van der Waals surface area contributed by atoms with E-state index in [9.17, 15) is 4.79 Å². The number of methoxy groups -OCH3 is 1. The van der Waals surface area contributed by atoms with Crippen LogP contribution in [0.4, 0.5) is 0 Å². The Bertz CT molecular complexity index is 423. The molecule has 0 amide bonds. The molecule has 0 aliphatic rings. The van der Waals surface area contributed by atoms with Crippen molar-refractivity contribution >= 4 is 5.78 Å². The van der Waals surface area contributed by atoms with Crippen LogP contribution in [0.15, 0.2) is 24.3 Å². The first kappa shape index (κ1) is 15.7. The van der Waals surface area contributed by atoms with Crippen LogP contribution < -0.4 is 4.74 Å². The van der Waals surface area contributed by atoms with Crippen LogP contribution in [-0.4, -0.2) is 37.4 Å². The van der Waals surface area contributed by atoms with Gasteiger partial charge in [0.05, 0.1) is 12.6 Å². The van der Waals surface area contributed by atoms with Gasteiger partial charge in [0.25, 0.3) is 0 Å². The number of likely N-dealkylation sites (N-methyl/N-ethyl adjacent to an activating group) is 1. The first-order chi connectivity index (χ1) is 9.00. The Morgan fingerprint density at radius 3 is 2.37 bits per heavy atom. The van der Waals surface area contributed by atoms with Gasteiger partial charge in [0.15, 0.2) is 5.78 Å². The van der Waals surface area contributed by atoms with Crippen LogP contribution in [0.25, 0.3) is 0 Å². The molecule has 1 rings (SSSR count). The van der Waals surface area contributed by atoms with E-state index in [0.717, 1.165) is 24.2 Å². The van der Waals surface area contributed by atoms with Crippen LogP contribution >= 0.6 is 0 Å². The number of ketones is 1. The number of benzene rings is 1. The molecule has 0 spiro atoms. The maximum atomic E-state index is 12.7. The van der Waals surface area contributed by atoms with E-state index in [4.69, 9.17) is 4.74 Å². The second-order valence-corrected chi connectivity index (χ2v) is 5.08. The zero-order valence-corrected chi connectivity index (χ0v) is 12.7. The van der Waals surface area contributed by atoms with Gasteiger partial charge in [-0.25, -0.2) is 0 Å². The SMILES string of the molecule is CCC(CC)(C(=O)Cc1cccc(OC)c1)N(C)C. The average molecular weight is 263 g/mol. The summed E-state index contributed by atoms with van der Waals surface area (Å²) in [6.07, 6.45) is 2.12. The quantitative estimate of drug-likeness (QED) is 0.757. The highest BCUT2D eigenvalue weighted by Crippen LogP contribution is 2.25. The summed E-state index contributed by atoms with van der Waals surface area (Å²) in [5.74, 6) is 1.07. The van der Waals surface area contributed by atoms with Crippen molar-refractivity contribution in [1.29, 1.82) is 0 Å². The standard InChI is InChI=1S/C16H25NO2/c1-6-16(7-2,17(3)4)15(18)12-13-9-8-10-14(11-13)19-5/h8-11H,6-7,12H2,1-5H3. The summed E-state index contributed by atoms with van der Waals surface area (Å²) in [5.41, 5.74) is 0.653. The highest BCUT2D eigenvalue weighted by molar-refractivity contribution is 5.90. The van der Waals surface area contributed by atoms with Crippen molar-refractivity contribution in [3.8, 4) is 5.75 Å². The lowest BCUT2D eigenvalue weighted by Gasteiger charge is -2.37. The fraction of sp³-hybridized carbons (Fsp3) is 0.562. The van der Waals surface area contributed by atoms with Crippen LogP contribution in [0.5, 0.6) is 5.75 Å². The molecular formula is C16H25NO2. The molecule has 1 aromatic carbocycles. The average Bonchev–Trinajstić information content (AvgIpc) is 2.40. The lowest BCUT2D eigenvalue weighted by molar-refractivity contribution is -0.129. The minimum absolute atomic E-state index is 0.274. The topological polar surface area (TPSA) is 29.5 Å². The van der Waals surface area contributed by atoms with Crippen molar-refractivity contribution in [2.45, 2.75) is 38.6 Å². The van der Waals surface area contributed by atoms with Gasteiger partial charge in [0.2, 0.25) is 0 Å². The molecule has 3 nitrogen and oxygen atoms in total. The zero-order valence-electron chi connectivity index (χ0n) is 12.7. The Morgan fingerprint density at radius 1 is 1.26 bits per heavy atom. The molecule has 0 radical (unpaired) electrons. The number of carbonyl (C=O) groups is 1. The molecule has 0 fully saturated rings. The summed E-state index contributed by atoms with van der Waals surface area (Å²) < 4.78 is 5.20. The van der Waals surface area contributed by atoms with Crippen molar-refractivity contribution in [3.05, 3.63) is 29.8 Å². The van der Waals surface area contributed by atoms with Gasteiger partial charge in [-0.1, -0.05) is 26.0 Å². The van der Waals surface area contributed by atoms with E-state index in [2.05, 4.69) is 18.7 Å². The number of hydrogen-bond acceptors (Lipinski definition) is 3. The maximum Gasteiger partial charge on any atom is 0.157 e. The molecule has 0 bridgehead atoms. The number of carbonyl (C=O) groups excluding carboxylic acids is 1. The van der Waals surface area contributed by atoms with Gasteiger partial charge in [0.1, 0.15) is 5.75 Å². The maximum absolute atomic E-state index is 12.7. The molecule has 0 aliphatic heterocycles. The molecular weight excluding hydrogens is 238 g/mol. The van der Waals surface area contributed by atoms with Crippen LogP contribution in [0.1, 0.15) is 32.3 Å². The Morgan fingerprint density at radius 2 is 1.89 bits per heavy atom. The van der Waals surface area contributed by atoms with E-state index in [1.807, 2.05) is 38.4 Å². The third-order valence-corrected chi connectivity index (χ3v) is 4.04. The molecule has 106 valence electrons. The Balaban J connectivity index is 2.93. The second kappa shape index (κ2) is 6.71. The van der Waals surface area contributed by atoms with E-state index in [-0.39, 0.29) is 11.3 Å². The lowest BCUT2D eigenvalue weighted by Crippen LogP contribution is -2.50. The van der Waals surface area contributed by atoms with Crippen molar-refractivity contribution < 1.29 is 9.53 Å². The molecule has 0 heterocycles. The molecule has 1 aromatic rings. The lowest BCUT2D eigenvalue weighted by atomic mass is 9.83. The first-order valence-corrected chi connectivity index (χ1v) is 6.83. The monoisotopic (exact) mass is 263 g/mol. The van der Waals surface area contributed by atoms with Crippen LogP contribution in [0.3, 0.4) is 0 Å². The van der Waals surface area contributed by atoms with E-state index < -0.39 is 0 Å². The van der Waals surface area contributed by atoms with Crippen molar-refractivity contribution in [3.63, 3.8) is 0 Å². The molecule has 0 saturated carbocycles. The molecule has 0 unspecified atom stereocenters. The molecule has 0 saturated heterocycles. The minimum atomic E-state index is -0.358. The predicted octanol–water partition coefficient (Wildman–Crippen LogP) is 2.93. The fourth-order valence-electron chi connectivity index (χ4n) is 2.66. The molecule has 0 N–H and O–H groups in total. The molecule has 0 aliphatic carbocycles. The normalized spacial score (nSPS) is 11.7. The molecule has 0 atom stereocenters. The van der Waals surface area contributed by atoms with Crippen LogP contribution in [-0.2, 0) is 11.2 Å². The van der Waals surface area contributed by atoms with E-state index in [1.54, 1.807) is 7.11 Å². The minimum Gasteiger partial charge on any atom is -0.497 e. The zero-order chi connectivity index (χ0) is 14.5. The summed E-state index contributed by atoms with van der Waals surface area (Å²) >= 11 is 0. The third kappa shape index (κ3) is 3.35. The Kier molecular flexibility index (Phi) is 5.55. The number of hydrogen-bond donors (Lipinski definition) is 0. The largest absolute Gasteiger partial charge is 0.497 e. The van der Waals surface area contributed by atoms with Gasteiger partial charge < -0.3 is 4.74 Å². The van der Waals surface area contributed by atoms with Gasteiger partial charge in [-0.2, -0.15) is 0 Å². The number of ether oxygens (including phenoxy) is 1. The first-order valence-electron chi connectivity index (χ1n) is 6.83. The number of nitrogens with zero attached hydrogens (tertiary/aromatic N) is 1. The third-order valence-electron chi connectivity index (χ3n) is 4.04. The van der Waals surface area contributed by atoms with Gasteiger partial charge >= 0.3 is 0 Å². The summed E-state index contributed by atoms with van der Waals surface area (Å²) in [5, 5.41) is 0. The number of Topliss-reactive ketones (excluding diaryl/α,β-unsaturated/α-hetero) is 1. The van der Waals surface area contributed by atoms with Gasteiger partial charge in [-0.3, -0.25) is 9.69 Å². The van der Waals surface area contributed by atoms with Crippen LogP contribution in [0, 0.1) is 0 Å². The van der Waals surface area contributed by atoms with Crippen molar-refractivity contribution in [2.75, 3.05) is 21.2 Å². The molecule has 0 aromatic heterocycles. The highest BCUT2D eigenvalue weighted by Gasteiger charge is 2.36. The smallest absolute Gasteiger partial charge is 0.157 e. The molecule has 3 heteroatoms. The summed E-state index contributed by atoms with van der Waals surface area (Å²) in [6, 6.07) is 7.74. The molecule has 19 heavy (non-hydrogen) atoms. The highest BCUT2D eigenvalue weighted by atomic mass is 16.5. The van der Waals surface area contributed by atoms with Gasteiger partial charge in [-0.15, -0.1) is 0 Å². The summed E-state index contributed by atoms with van der Waals surface area (Å²) in [4.78, 5) is 14.7. The van der Waals surface area contributed by atoms with Crippen molar-refractivity contribution in [1.82, 2.24) is 4.90 Å². The Hall–Kier alpha value is -1.35. The van der Waals surface area contributed by atoms with Gasteiger partial charge in [-0.05, 0) is 44.6 Å². The van der Waals surface area contributed by atoms with E-state index in [1.165, 1.54) is 0 Å². The van der Waals surface area contributed by atoms with Crippen molar-refractivity contribution in [2.24, 2.45) is 0 Å². The summed E-state index contributed by atoms with van der Waals surface area (Å²) in [7, 11) is 5.61.